The molecule has 1 aromatic rings. The molecule has 0 aromatic carbocycles. The molecule has 0 radical (unpaired) electrons. The molecule has 10 rings (SSSR count). The van der Waals surface area contributed by atoms with Crippen LogP contribution in [0.3, 0.4) is 0 Å². The van der Waals surface area contributed by atoms with Crippen molar-refractivity contribution in [2.24, 2.45) is 16.3 Å². The molecule has 2 saturated carbocycles. The number of aryl methyl sites for hydroxylation is 1. The number of hydrogen-bond acceptors (Lipinski definition) is 10. The molecular weight excluding hydrogens is 572 g/mol. The average Bonchev–Trinajstić information content (AvgIpc) is 3.88. The minimum absolute atomic E-state index is 0.152. The predicted octanol–water partition coefficient (Wildman–Crippen LogP) is 3.18. The predicted molar refractivity (Wildman–Crippen MR) is 159 cm³/mol. The van der Waals surface area contributed by atoms with Crippen molar-refractivity contribution >= 4 is 18.2 Å². The molecule has 1 unspecified atom stereocenters. The summed E-state index contributed by atoms with van der Waals surface area (Å²) in [6, 6.07) is 1.41. The maximum Gasteiger partial charge on any atom is 0.331 e. The molecule has 1 aromatic heterocycles. The van der Waals surface area contributed by atoms with E-state index in [-0.39, 0.29) is 29.9 Å². The Morgan fingerprint density at radius 2 is 1.56 bits per heavy atom. The van der Waals surface area contributed by atoms with E-state index in [2.05, 4.69) is 42.9 Å². The number of carbonyl (C=O) groups is 2. The number of hydrogen-bond donors (Lipinski definition) is 0. The highest BCUT2D eigenvalue weighted by Crippen LogP contribution is 2.57. The van der Waals surface area contributed by atoms with Crippen LogP contribution in [-0.2, 0) is 25.5 Å². The van der Waals surface area contributed by atoms with Crippen molar-refractivity contribution in [2.45, 2.75) is 118 Å². The summed E-state index contributed by atoms with van der Waals surface area (Å²) in [6.45, 7) is 2.12. The number of piperidine rings is 2. The highest BCUT2D eigenvalue weighted by Gasteiger charge is 2.65. The van der Waals surface area contributed by atoms with Crippen LogP contribution in [0.2, 0.25) is 0 Å². The third kappa shape index (κ3) is 3.81. The third-order valence-corrected chi connectivity index (χ3v) is 12.5. The summed E-state index contributed by atoms with van der Waals surface area (Å²) in [7, 11) is 0. The van der Waals surface area contributed by atoms with Crippen LogP contribution in [0, 0.1) is 5.92 Å². The SMILES string of the molecule is O=C1C=C2CC(/C=[N+]3/C=C(CCc4cn([C@H]5CC6=CC(=O)O[C@@]67C[C@@H]5N5CCCC[C@@H]57)nn4)N=N3)[C@@H]3C[C@@]2(O1)[C@H]1CCCCN31. The maximum atomic E-state index is 12.4. The van der Waals surface area contributed by atoms with Gasteiger partial charge in [-0.25, -0.2) is 14.3 Å². The number of allylic oxidation sites excluding steroid dienone is 1. The highest BCUT2D eigenvalue weighted by atomic mass is 16.6. The van der Waals surface area contributed by atoms with Gasteiger partial charge in [0.1, 0.15) is 11.4 Å². The molecular formula is C33H39N8O4+. The minimum atomic E-state index is -0.418. The topological polar surface area (TPSA) is 118 Å². The molecule has 234 valence electrons. The molecule has 2 aliphatic carbocycles. The number of ether oxygens (including phenoxy) is 2. The number of fused-ring (bicyclic) bond motifs is 6. The van der Waals surface area contributed by atoms with Gasteiger partial charge >= 0.3 is 11.9 Å². The first-order valence-corrected chi connectivity index (χ1v) is 17.1. The van der Waals surface area contributed by atoms with Crippen molar-refractivity contribution in [2.75, 3.05) is 13.1 Å². The van der Waals surface area contributed by atoms with Gasteiger partial charge in [0.05, 0.1) is 28.9 Å². The molecule has 0 amide bonds. The Morgan fingerprint density at radius 3 is 2.31 bits per heavy atom. The first-order chi connectivity index (χ1) is 22.0. The lowest BCUT2D eigenvalue weighted by atomic mass is 9.73. The van der Waals surface area contributed by atoms with E-state index < -0.39 is 11.2 Å². The molecule has 4 saturated heterocycles. The van der Waals surface area contributed by atoms with Crippen molar-refractivity contribution in [3.63, 3.8) is 0 Å². The zero-order chi connectivity index (χ0) is 29.9. The Balaban J connectivity index is 0.837. The molecule has 12 heteroatoms. The van der Waals surface area contributed by atoms with E-state index in [1.807, 2.05) is 15.6 Å². The van der Waals surface area contributed by atoms with Crippen LogP contribution in [0.15, 0.2) is 51.7 Å². The summed E-state index contributed by atoms with van der Waals surface area (Å²) >= 11 is 0. The summed E-state index contributed by atoms with van der Waals surface area (Å²) in [5.41, 5.74) is 3.36. The summed E-state index contributed by atoms with van der Waals surface area (Å²) in [4.78, 5) is 30.0. The Morgan fingerprint density at radius 1 is 0.867 bits per heavy atom. The average molecular weight is 612 g/mol. The fraction of sp³-hybridized carbons (Fsp3) is 0.667. The van der Waals surface area contributed by atoms with Gasteiger partial charge in [0.15, 0.2) is 17.4 Å². The van der Waals surface area contributed by atoms with Crippen molar-refractivity contribution in [1.29, 1.82) is 0 Å². The van der Waals surface area contributed by atoms with Crippen LogP contribution in [0.1, 0.15) is 82.4 Å². The molecule has 4 bridgehead atoms. The number of carbonyl (C=O) groups excluding carboxylic acids is 2. The zero-order valence-electron chi connectivity index (χ0n) is 25.5. The molecule has 6 fully saturated rings. The van der Waals surface area contributed by atoms with Crippen molar-refractivity contribution < 1.29 is 23.7 Å². The van der Waals surface area contributed by atoms with E-state index in [4.69, 9.17) is 9.47 Å². The van der Waals surface area contributed by atoms with Crippen molar-refractivity contribution in [1.82, 2.24) is 24.8 Å². The quantitative estimate of drug-likeness (QED) is 0.368. The van der Waals surface area contributed by atoms with Gasteiger partial charge in [0, 0.05) is 62.0 Å². The van der Waals surface area contributed by atoms with Gasteiger partial charge in [-0.15, -0.1) is 9.78 Å². The van der Waals surface area contributed by atoms with Gasteiger partial charge in [-0.3, -0.25) is 9.80 Å². The zero-order valence-corrected chi connectivity index (χ0v) is 25.5. The normalized spacial score (nSPS) is 42.1. The van der Waals surface area contributed by atoms with Crippen LogP contribution >= 0.6 is 0 Å². The number of aromatic nitrogens is 3. The fourth-order valence-corrected chi connectivity index (χ4v) is 10.8. The van der Waals surface area contributed by atoms with E-state index in [0.29, 0.717) is 18.1 Å². The second-order valence-electron chi connectivity index (χ2n) is 14.7. The van der Waals surface area contributed by atoms with Crippen LogP contribution in [0.25, 0.3) is 0 Å². The van der Waals surface area contributed by atoms with Crippen molar-refractivity contribution in [3.8, 4) is 0 Å². The molecule has 12 nitrogen and oxygen atoms in total. The number of rotatable bonds is 5. The van der Waals surface area contributed by atoms with E-state index >= 15 is 0 Å². The van der Waals surface area contributed by atoms with Crippen LogP contribution in [0.5, 0.6) is 0 Å². The third-order valence-electron chi connectivity index (χ3n) is 12.5. The lowest BCUT2D eigenvalue weighted by Gasteiger charge is -2.38. The fourth-order valence-electron chi connectivity index (χ4n) is 10.8. The Kier molecular flexibility index (Phi) is 5.64. The first-order valence-electron chi connectivity index (χ1n) is 17.1. The lowest BCUT2D eigenvalue weighted by molar-refractivity contribution is -0.462. The van der Waals surface area contributed by atoms with E-state index in [9.17, 15) is 9.59 Å². The minimum Gasteiger partial charge on any atom is -0.450 e. The number of esters is 2. The van der Waals surface area contributed by atoms with Gasteiger partial charge < -0.3 is 9.47 Å². The second-order valence-corrected chi connectivity index (χ2v) is 14.7. The lowest BCUT2D eigenvalue weighted by Crippen LogP contribution is -2.48. The van der Waals surface area contributed by atoms with E-state index in [0.717, 1.165) is 81.4 Å². The Labute approximate surface area is 261 Å². The first kappa shape index (κ1) is 26.7. The molecule has 9 aliphatic rings. The largest absolute Gasteiger partial charge is 0.450 e. The van der Waals surface area contributed by atoms with Gasteiger partial charge in [-0.1, -0.05) is 18.1 Å². The monoisotopic (exact) mass is 611 g/mol. The Hall–Kier alpha value is -3.51. The van der Waals surface area contributed by atoms with Gasteiger partial charge in [0.25, 0.3) is 0 Å². The Bertz CT molecular complexity index is 1660. The van der Waals surface area contributed by atoms with Gasteiger partial charge in [-0.05, 0) is 62.8 Å². The van der Waals surface area contributed by atoms with E-state index in [1.165, 1.54) is 31.3 Å². The molecule has 45 heavy (non-hydrogen) atoms. The summed E-state index contributed by atoms with van der Waals surface area (Å²) in [5.74, 6) is -0.0971. The molecule has 7 aliphatic heterocycles. The summed E-state index contributed by atoms with van der Waals surface area (Å²) < 4.78 is 16.0. The van der Waals surface area contributed by atoms with E-state index in [1.54, 1.807) is 12.2 Å². The van der Waals surface area contributed by atoms with Crippen molar-refractivity contribution in [3.05, 3.63) is 47.1 Å². The summed E-state index contributed by atoms with van der Waals surface area (Å²) in [6.07, 6.45) is 21.6. The molecule has 8 heterocycles. The summed E-state index contributed by atoms with van der Waals surface area (Å²) in [5, 5.41) is 18.1. The van der Waals surface area contributed by atoms with Crippen LogP contribution < -0.4 is 0 Å². The van der Waals surface area contributed by atoms with Gasteiger partial charge in [0.2, 0.25) is 5.70 Å². The smallest absolute Gasteiger partial charge is 0.331 e. The molecule has 2 spiro atoms. The number of nitrogens with zero attached hydrogens (tertiary/aromatic N) is 8. The molecule has 0 N–H and O–H groups in total. The van der Waals surface area contributed by atoms with Crippen LogP contribution in [-0.4, -0.2) is 96.1 Å². The van der Waals surface area contributed by atoms with Gasteiger partial charge in [-0.2, -0.15) is 0 Å². The molecule has 8 atom stereocenters. The standard InChI is InChI=1S/C33H39N8O4/c42-30-13-21-11-20(26-15-32(21,44-30)28-5-1-3-9-39(26)28)17-38-18-23(34-36-38)7-8-24-19-41(37-35-24)25-12-22-14-31(43)45-33(22)16-27(25)40-10-4-2-6-29(33)40/h13-14,17-20,25-29H,1-12,15-16H2/q+1/b38-17-/t20?,25-,26-,27-,28+,29+,32-,33-/m0/s1. The second kappa shape index (κ2) is 9.51. The highest BCUT2D eigenvalue weighted by molar-refractivity contribution is 5.88. The van der Waals surface area contributed by atoms with Crippen LogP contribution in [0.4, 0.5) is 0 Å². The maximum absolute atomic E-state index is 12.4.